The van der Waals surface area contributed by atoms with Crippen LogP contribution in [0.15, 0.2) is 12.7 Å². The number of rotatable bonds is 3. The van der Waals surface area contributed by atoms with Crippen molar-refractivity contribution in [1.29, 1.82) is 0 Å². The number of carbonyl (C=O) groups is 1. The van der Waals surface area contributed by atoms with E-state index in [1.807, 2.05) is 6.08 Å². The third-order valence-corrected chi connectivity index (χ3v) is 4.16. The van der Waals surface area contributed by atoms with Gasteiger partial charge >= 0.3 is 0 Å². The highest BCUT2D eigenvalue weighted by Gasteiger charge is 2.50. The normalized spacial score (nSPS) is 34.7. The molecule has 2 aliphatic rings. The van der Waals surface area contributed by atoms with Gasteiger partial charge in [-0.1, -0.05) is 13.0 Å². The van der Waals surface area contributed by atoms with Crippen LogP contribution in [0.1, 0.15) is 39.0 Å². The maximum atomic E-state index is 11.9. The summed E-state index contributed by atoms with van der Waals surface area (Å²) in [7, 11) is 0. The Morgan fingerprint density at radius 1 is 1.62 bits per heavy atom. The van der Waals surface area contributed by atoms with Crippen LogP contribution in [0.4, 0.5) is 0 Å². The van der Waals surface area contributed by atoms with Crippen LogP contribution < -0.4 is 5.32 Å². The Morgan fingerprint density at radius 3 is 3.12 bits per heavy atom. The third-order valence-electron chi connectivity index (χ3n) is 4.16. The van der Waals surface area contributed by atoms with E-state index in [1.165, 1.54) is 6.42 Å². The summed E-state index contributed by atoms with van der Waals surface area (Å²) in [5.41, 5.74) is 0.0816. The molecule has 3 nitrogen and oxygen atoms in total. The molecule has 0 bridgehead atoms. The minimum atomic E-state index is 0.0816. The molecule has 0 aromatic heterocycles. The monoisotopic (exact) mass is 222 g/mol. The second-order valence-electron chi connectivity index (χ2n) is 4.92. The molecule has 16 heavy (non-hydrogen) atoms. The van der Waals surface area contributed by atoms with Crippen LogP contribution in [0.25, 0.3) is 0 Å². The van der Waals surface area contributed by atoms with Crippen LogP contribution in [0.5, 0.6) is 0 Å². The van der Waals surface area contributed by atoms with Crippen molar-refractivity contribution >= 4 is 5.91 Å². The van der Waals surface area contributed by atoms with Gasteiger partial charge in [0.1, 0.15) is 0 Å². The van der Waals surface area contributed by atoms with Crippen LogP contribution >= 0.6 is 0 Å². The van der Waals surface area contributed by atoms with Crippen LogP contribution in [0.3, 0.4) is 0 Å². The van der Waals surface area contributed by atoms with Crippen LogP contribution in [0.2, 0.25) is 0 Å². The number of carbonyl (C=O) groups excluding carboxylic acids is 1. The largest absolute Gasteiger partial charge is 0.332 e. The third kappa shape index (κ3) is 1.67. The summed E-state index contributed by atoms with van der Waals surface area (Å²) in [4.78, 5) is 14.0. The summed E-state index contributed by atoms with van der Waals surface area (Å²) >= 11 is 0. The topological polar surface area (TPSA) is 32.3 Å². The van der Waals surface area contributed by atoms with E-state index >= 15 is 0 Å². The first-order valence-electron chi connectivity index (χ1n) is 6.39. The lowest BCUT2D eigenvalue weighted by molar-refractivity contribution is -0.132. The van der Waals surface area contributed by atoms with Gasteiger partial charge in [0.05, 0.1) is 5.54 Å². The fraction of sp³-hybridized carbons (Fsp3) is 0.769. The van der Waals surface area contributed by atoms with Gasteiger partial charge in [-0.15, -0.1) is 6.58 Å². The van der Waals surface area contributed by atoms with E-state index in [2.05, 4.69) is 23.7 Å². The number of likely N-dealkylation sites (tertiary alicyclic amines) is 1. The zero-order valence-corrected chi connectivity index (χ0v) is 10.2. The van der Waals surface area contributed by atoms with Gasteiger partial charge in [0.2, 0.25) is 5.91 Å². The molecule has 0 saturated carbocycles. The van der Waals surface area contributed by atoms with E-state index in [1.54, 1.807) is 0 Å². The average Bonchev–Trinajstić information content (AvgIpc) is 2.60. The van der Waals surface area contributed by atoms with Gasteiger partial charge in [-0.2, -0.15) is 0 Å². The van der Waals surface area contributed by atoms with E-state index in [9.17, 15) is 4.79 Å². The van der Waals surface area contributed by atoms with E-state index in [-0.39, 0.29) is 5.54 Å². The summed E-state index contributed by atoms with van der Waals surface area (Å²) in [5.74, 6) is 0.307. The molecule has 2 heterocycles. The second kappa shape index (κ2) is 4.58. The second-order valence-corrected chi connectivity index (χ2v) is 4.92. The van der Waals surface area contributed by atoms with Gasteiger partial charge < -0.3 is 10.2 Å². The van der Waals surface area contributed by atoms with Gasteiger partial charge in [0, 0.05) is 19.0 Å². The van der Waals surface area contributed by atoms with Gasteiger partial charge in [-0.3, -0.25) is 4.79 Å². The quantitative estimate of drug-likeness (QED) is 0.737. The van der Waals surface area contributed by atoms with E-state index in [0.29, 0.717) is 24.9 Å². The van der Waals surface area contributed by atoms with Crippen LogP contribution in [-0.2, 0) is 4.79 Å². The van der Waals surface area contributed by atoms with Gasteiger partial charge in [-0.25, -0.2) is 0 Å². The Hall–Kier alpha value is -0.830. The molecule has 2 rings (SSSR count). The Balaban J connectivity index is 2.25. The molecular formula is C13H22N2O. The Bertz CT molecular complexity index is 290. The number of amides is 1. The molecule has 1 spiro atoms. The van der Waals surface area contributed by atoms with E-state index < -0.39 is 0 Å². The van der Waals surface area contributed by atoms with Crippen LogP contribution in [0, 0.1) is 0 Å². The highest BCUT2D eigenvalue weighted by atomic mass is 16.2. The first kappa shape index (κ1) is 11.6. The summed E-state index contributed by atoms with van der Waals surface area (Å²) in [6, 6.07) is 0.465. The molecule has 0 unspecified atom stereocenters. The summed E-state index contributed by atoms with van der Waals surface area (Å²) in [5, 5.41) is 3.58. The fourth-order valence-electron chi connectivity index (χ4n) is 3.44. The molecule has 2 saturated heterocycles. The molecule has 0 aliphatic carbocycles. The van der Waals surface area contributed by atoms with Crippen molar-refractivity contribution in [2.45, 2.75) is 50.6 Å². The number of nitrogens with zero attached hydrogens (tertiary/aromatic N) is 1. The molecular weight excluding hydrogens is 200 g/mol. The number of hydrogen-bond acceptors (Lipinski definition) is 2. The van der Waals surface area contributed by atoms with Crippen molar-refractivity contribution < 1.29 is 4.79 Å². The minimum absolute atomic E-state index is 0.0816. The smallest absolute Gasteiger partial charge is 0.223 e. The Labute approximate surface area is 97.9 Å². The molecule has 0 aromatic carbocycles. The van der Waals surface area contributed by atoms with E-state index in [0.717, 1.165) is 25.8 Å². The van der Waals surface area contributed by atoms with Crippen LogP contribution in [-0.4, -0.2) is 35.5 Å². The molecule has 0 aromatic rings. The molecule has 3 heteroatoms. The summed E-state index contributed by atoms with van der Waals surface area (Å²) < 4.78 is 0. The molecule has 90 valence electrons. The van der Waals surface area contributed by atoms with Crippen molar-refractivity contribution in [1.82, 2.24) is 10.2 Å². The molecule has 0 radical (unpaired) electrons. The average molecular weight is 222 g/mol. The Kier molecular flexibility index (Phi) is 3.33. The highest BCUT2D eigenvalue weighted by Crippen LogP contribution is 2.40. The Morgan fingerprint density at radius 2 is 2.44 bits per heavy atom. The van der Waals surface area contributed by atoms with Crippen molar-refractivity contribution in [2.75, 3.05) is 13.1 Å². The van der Waals surface area contributed by atoms with Crippen molar-refractivity contribution in [3.63, 3.8) is 0 Å². The highest BCUT2D eigenvalue weighted by molar-refractivity contribution is 5.80. The maximum absolute atomic E-state index is 11.9. The van der Waals surface area contributed by atoms with Gasteiger partial charge in [0.15, 0.2) is 0 Å². The van der Waals surface area contributed by atoms with E-state index in [4.69, 9.17) is 0 Å². The van der Waals surface area contributed by atoms with Gasteiger partial charge in [0.25, 0.3) is 0 Å². The van der Waals surface area contributed by atoms with Gasteiger partial charge in [-0.05, 0) is 32.2 Å². The maximum Gasteiger partial charge on any atom is 0.223 e. The first-order valence-corrected chi connectivity index (χ1v) is 6.39. The molecule has 2 aliphatic heterocycles. The lowest BCUT2D eigenvalue weighted by Crippen LogP contribution is -2.61. The van der Waals surface area contributed by atoms with Crippen molar-refractivity contribution in [3.8, 4) is 0 Å². The molecule has 1 N–H and O–H groups in total. The standard InChI is InChI=1S/C13H22N2O/c1-3-10-15-12(16)6-8-13(15)7-5-9-14-11(13)4-2/h3,11,14H,1,4-10H2,2H3/t11-,13+/m1/s1. The minimum Gasteiger partial charge on any atom is -0.332 e. The lowest BCUT2D eigenvalue weighted by Gasteiger charge is -2.47. The first-order chi connectivity index (χ1) is 7.74. The summed E-state index contributed by atoms with van der Waals surface area (Å²) in [6.07, 6.45) is 7.01. The predicted molar refractivity (Wildman–Crippen MR) is 65.2 cm³/mol. The SMILES string of the molecule is C=CCN1C(=O)CC[C@]12CCCN[C@@H]2CC. The number of nitrogens with one attached hydrogen (secondary N) is 1. The zero-order valence-electron chi connectivity index (χ0n) is 10.2. The zero-order chi connectivity index (χ0) is 11.6. The number of hydrogen-bond donors (Lipinski definition) is 1. The summed E-state index contributed by atoms with van der Waals surface area (Å²) in [6.45, 7) is 7.78. The molecule has 1 amide bonds. The predicted octanol–water partition coefficient (Wildman–Crippen LogP) is 1.70. The molecule has 2 fully saturated rings. The fourth-order valence-corrected chi connectivity index (χ4v) is 3.44. The van der Waals surface area contributed by atoms with Crippen molar-refractivity contribution in [2.24, 2.45) is 0 Å². The molecule has 2 atom stereocenters. The van der Waals surface area contributed by atoms with Crippen molar-refractivity contribution in [3.05, 3.63) is 12.7 Å². The lowest BCUT2D eigenvalue weighted by atomic mass is 9.79. The number of piperidine rings is 1.